The van der Waals surface area contributed by atoms with Crippen LogP contribution in [-0.4, -0.2) is 29.6 Å². The predicted molar refractivity (Wildman–Crippen MR) is 78.7 cm³/mol. The second kappa shape index (κ2) is 6.51. The lowest BCUT2D eigenvalue weighted by atomic mass is 10.1. The maximum absolute atomic E-state index is 5.69. The van der Waals surface area contributed by atoms with E-state index in [9.17, 15) is 0 Å². The highest BCUT2D eigenvalue weighted by Gasteiger charge is 2.21. The molecule has 1 aromatic rings. The van der Waals surface area contributed by atoms with Crippen molar-refractivity contribution in [1.29, 1.82) is 0 Å². The topological polar surface area (TPSA) is 24.5 Å². The van der Waals surface area contributed by atoms with Crippen molar-refractivity contribution in [2.24, 2.45) is 0 Å². The van der Waals surface area contributed by atoms with Crippen molar-refractivity contribution >= 4 is 0 Å². The van der Waals surface area contributed by atoms with Crippen LogP contribution in [0.2, 0.25) is 0 Å². The Kier molecular flexibility index (Phi) is 4.97. The summed E-state index contributed by atoms with van der Waals surface area (Å²) in [6.45, 7) is 9.50. The number of hydrogen-bond donors (Lipinski definition) is 1. The van der Waals surface area contributed by atoms with E-state index >= 15 is 0 Å². The Bertz CT molecular complexity index is 372. The fourth-order valence-corrected chi connectivity index (χ4v) is 2.40. The Morgan fingerprint density at radius 1 is 1.26 bits per heavy atom. The highest BCUT2D eigenvalue weighted by molar-refractivity contribution is 5.14. The maximum Gasteiger partial charge on any atom is 0.0813 e. The van der Waals surface area contributed by atoms with Crippen LogP contribution in [0.3, 0.4) is 0 Å². The van der Waals surface area contributed by atoms with Crippen LogP contribution in [0.1, 0.15) is 39.2 Å². The zero-order chi connectivity index (χ0) is 13.7. The zero-order valence-electron chi connectivity index (χ0n) is 12.4. The number of rotatable bonds is 4. The van der Waals surface area contributed by atoms with Crippen LogP contribution in [0.4, 0.5) is 0 Å². The molecule has 1 atom stereocenters. The molecule has 0 radical (unpaired) electrons. The van der Waals surface area contributed by atoms with Crippen LogP contribution in [0.5, 0.6) is 0 Å². The third kappa shape index (κ3) is 5.31. The first-order valence-electron chi connectivity index (χ1n) is 7.23. The highest BCUT2D eigenvalue weighted by atomic mass is 16.7. The number of nitrogens with zero attached hydrogens (tertiary/aromatic N) is 1. The summed E-state index contributed by atoms with van der Waals surface area (Å²) in [5, 5.41) is 0. The van der Waals surface area contributed by atoms with Gasteiger partial charge in [-0.05, 0) is 45.7 Å². The molecule has 3 heteroatoms. The van der Waals surface area contributed by atoms with Crippen molar-refractivity contribution in [2.75, 3.05) is 13.1 Å². The van der Waals surface area contributed by atoms with Crippen LogP contribution >= 0.6 is 0 Å². The molecule has 0 aromatic heterocycles. The first kappa shape index (κ1) is 14.5. The molecule has 1 saturated heterocycles. The summed E-state index contributed by atoms with van der Waals surface area (Å²) in [6.07, 6.45) is 2.43. The van der Waals surface area contributed by atoms with Gasteiger partial charge in [0.05, 0.1) is 5.60 Å². The molecule has 19 heavy (non-hydrogen) atoms. The summed E-state index contributed by atoms with van der Waals surface area (Å²) in [5.74, 6) is 0. The van der Waals surface area contributed by atoms with Crippen LogP contribution in [0.15, 0.2) is 30.3 Å². The van der Waals surface area contributed by atoms with E-state index in [4.69, 9.17) is 4.84 Å². The standard InChI is InChI=1S/C16H26N2O/c1-16(2,3)19-17-15-10-7-11-18(13-15)12-14-8-5-4-6-9-14/h4-6,8-9,15,17H,7,10-13H2,1-3H3. The SMILES string of the molecule is CC(C)(C)ONC1CCCN(Cc2ccccc2)C1. The molecule has 0 spiro atoms. The summed E-state index contributed by atoms with van der Waals surface area (Å²) in [4.78, 5) is 8.19. The molecule has 2 rings (SSSR count). The number of benzene rings is 1. The summed E-state index contributed by atoms with van der Waals surface area (Å²) >= 11 is 0. The molecular formula is C16H26N2O. The number of likely N-dealkylation sites (tertiary alicyclic amines) is 1. The molecule has 0 amide bonds. The smallest absolute Gasteiger partial charge is 0.0813 e. The van der Waals surface area contributed by atoms with Gasteiger partial charge >= 0.3 is 0 Å². The van der Waals surface area contributed by atoms with E-state index in [1.54, 1.807) is 0 Å². The van der Waals surface area contributed by atoms with Gasteiger partial charge in [0.1, 0.15) is 0 Å². The van der Waals surface area contributed by atoms with Crippen molar-refractivity contribution < 1.29 is 4.84 Å². The van der Waals surface area contributed by atoms with Crippen molar-refractivity contribution in [1.82, 2.24) is 10.4 Å². The lowest BCUT2D eigenvalue weighted by Crippen LogP contribution is -2.47. The number of hydroxylamine groups is 1. The molecule has 1 unspecified atom stereocenters. The van der Waals surface area contributed by atoms with Gasteiger partial charge in [-0.3, -0.25) is 9.74 Å². The van der Waals surface area contributed by atoms with Gasteiger partial charge in [0.2, 0.25) is 0 Å². The third-order valence-corrected chi connectivity index (χ3v) is 3.29. The van der Waals surface area contributed by atoms with Crippen molar-refractivity contribution in [3.8, 4) is 0 Å². The minimum atomic E-state index is -0.123. The van der Waals surface area contributed by atoms with E-state index in [1.807, 2.05) is 0 Å². The molecule has 1 aliphatic heterocycles. The first-order chi connectivity index (χ1) is 9.03. The molecule has 1 N–H and O–H groups in total. The molecule has 106 valence electrons. The maximum atomic E-state index is 5.69. The van der Waals surface area contributed by atoms with Gasteiger partial charge in [-0.15, -0.1) is 0 Å². The molecule has 1 heterocycles. The fraction of sp³-hybridized carbons (Fsp3) is 0.625. The molecule has 0 saturated carbocycles. The minimum absolute atomic E-state index is 0.123. The fourth-order valence-electron chi connectivity index (χ4n) is 2.40. The average molecular weight is 262 g/mol. The van der Waals surface area contributed by atoms with Gasteiger partial charge in [0.25, 0.3) is 0 Å². The van der Waals surface area contributed by atoms with Gasteiger partial charge < -0.3 is 0 Å². The van der Waals surface area contributed by atoms with Crippen molar-refractivity contribution in [3.63, 3.8) is 0 Å². The molecule has 3 nitrogen and oxygen atoms in total. The Balaban J connectivity index is 1.80. The van der Waals surface area contributed by atoms with Gasteiger partial charge in [-0.1, -0.05) is 30.3 Å². The molecular weight excluding hydrogens is 236 g/mol. The highest BCUT2D eigenvalue weighted by Crippen LogP contribution is 2.15. The Morgan fingerprint density at radius 3 is 2.68 bits per heavy atom. The summed E-state index contributed by atoms with van der Waals surface area (Å²) in [5.41, 5.74) is 4.50. The second-order valence-corrected chi connectivity index (χ2v) is 6.39. The minimum Gasteiger partial charge on any atom is -0.297 e. The van der Waals surface area contributed by atoms with Crippen LogP contribution in [0, 0.1) is 0 Å². The second-order valence-electron chi connectivity index (χ2n) is 6.39. The van der Waals surface area contributed by atoms with Gasteiger partial charge in [-0.25, -0.2) is 0 Å². The lowest BCUT2D eigenvalue weighted by Gasteiger charge is -2.34. The van der Waals surface area contributed by atoms with Crippen LogP contribution in [-0.2, 0) is 11.4 Å². The van der Waals surface area contributed by atoms with Crippen LogP contribution in [0.25, 0.3) is 0 Å². The summed E-state index contributed by atoms with van der Waals surface area (Å²) in [6, 6.07) is 11.1. The third-order valence-electron chi connectivity index (χ3n) is 3.29. The van der Waals surface area contributed by atoms with E-state index in [0.717, 1.165) is 13.1 Å². The van der Waals surface area contributed by atoms with E-state index in [0.29, 0.717) is 6.04 Å². The number of hydrogen-bond acceptors (Lipinski definition) is 3. The first-order valence-corrected chi connectivity index (χ1v) is 7.23. The normalized spacial score (nSPS) is 21.5. The van der Waals surface area contributed by atoms with Gasteiger partial charge in [-0.2, -0.15) is 5.48 Å². The Hall–Kier alpha value is -0.900. The monoisotopic (exact) mass is 262 g/mol. The van der Waals surface area contributed by atoms with E-state index in [2.05, 4.69) is 61.5 Å². The Morgan fingerprint density at radius 2 is 2.00 bits per heavy atom. The average Bonchev–Trinajstić information content (AvgIpc) is 2.37. The van der Waals surface area contributed by atoms with E-state index in [1.165, 1.54) is 24.9 Å². The van der Waals surface area contributed by atoms with E-state index in [-0.39, 0.29) is 5.60 Å². The number of nitrogens with one attached hydrogen (secondary N) is 1. The molecule has 1 fully saturated rings. The van der Waals surface area contributed by atoms with Crippen molar-refractivity contribution in [3.05, 3.63) is 35.9 Å². The largest absolute Gasteiger partial charge is 0.297 e. The van der Waals surface area contributed by atoms with Crippen LogP contribution < -0.4 is 5.48 Å². The zero-order valence-corrected chi connectivity index (χ0v) is 12.4. The summed E-state index contributed by atoms with van der Waals surface area (Å²) < 4.78 is 0. The molecule has 1 aromatic carbocycles. The van der Waals surface area contributed by atoms with Crippen molar-refractivity contribution in [2.45, 2.75) is 51.8 Å². The van der Waals surface area contributed by atoms with Gasteiger partial charge in [0, 0.05) is 19.1 Å². The molecule has 0 bridgehead atoms. The quantitative estimate of drug-likeness (QED) is 0.844. The number of piperidine rings is 1. The Labute approximate surface area is 116 Å². The lowest BCUT2D eigenvalue weighted by molar-refractivity contribution is -0.0969. The van der Waals surface area contributed by atoms with E-state index < -0.39 is 0 Å². The van der Waals surface area contributed by atoms with Gasteiger partial charge in [0.15, 0.2) is 0 Å². The summed E-state index contributed by atoms with van der Waals surface area (Å²) in [7, 11) is 0. The molecule has 1 aliphatic rings. The predicted octanol–water partition coefficient (Wildman–Crippen LogP) is 2.97. The molecule has 0 aliphatic carbocycles.